The minimum Gasteiger partial charge on any atom is -0.450 e. The van der Waals surface area contributed by atoms with E-state index >= 15 is 0 Å². The Balaban J connectivity index is 1.64. The summed E-state index contributed by atoms with van der Waals surface area (Å²) in [7, 11) is 0. The molecule has 0 aliphatic carbocycles. The van der Waals surface area contributed by atoms with Crippen molar-refractivity contribution in [3.8, 4) is 0 Å². The van der Waals surface area contributed by atoms with Crippen LogP contribution in [0.25, 0.3) is 21.7 Å². The van der Waals surface area contributed by atoms with E-state index in [9.17, 15) is 9.59 Å². The van der Waals surface area contributed by atoms with Crippen LogP contribution in [-0.2, 0) is 0 Å². The van der Waals surface area contributed by atoms with Crippen molar-refractivity contribution in [3.63, 3.8) is 0 Å². The Morgan fingerprint density at radius 3 is 2.33 bits per heavy atom. The SMILES string of the molecule is CCN(CC)CCCN1C(=O)c2oc3c(ccc4ccccc43)c(=O)c2C1c1ccc(C(C)C)cc1. The fourth-order valence-corrected chi connectivity index (χ4v) is 5.39. The van der Waals surface area contributed by atoms with Gasteiger partial charge in [-0.2, -0.15) is 0 Å². The Hall–Kier alpha value is -3.44. The molecule has 1 unspecified atom stereocenters. The fraction of sp³-hybridized carbons (Fsp3) is 0.355. The molecule has 0 N–H and O–H groups in total. The molecule has 3 aromatic carbocycles. The molecule has 1 aliphatic heterocycles. The maximum atomic E-state index is 13.9. The van der Waals surface area contributed by atoms with Crippen molar-refractivity contribution in [1.82, 2.24) is 9.80 Å². The molecule has 0 fully saturated rings. The van der Waals surface area contributed by atoms with Crippen molar-refractivity contribution < 1.29 is 9.21 Å². The zero-order valence-corrected chi connectivity index (χ0v) is 21.6. The number of carbonyl (C=O) groups excluding carboxylic acids is 1. The van der Waals surface area contributed by atoms with Gasteiger partial charge in [-0.05, 0) is 54.6 Å². The van der Waals surface area contributed by atoms with Crippen molar-refractivity contribution in [1.29, 1.82) is 0 Å². The van der Waals surface area contributed by atoms with Crippen LogP contribution in [0.5, 0.6) is 0 Å². The molecular weight excluding hydrogens is 448 g/mol. The van der Waals surface area contributed by atoms with Gasteiger partial charge >= 0.3 is 0 Å². The van der Waals surface area contributed by atoms with Crippen LogP contribution >= 0.6 is 0 Å². The van der Waals surface area contributed by atoms with Gasteiger partial charge in [0.2, 0.25) is 5.76 Å². The molecule has 5 nitrogen and oxygen atoms in total. The number of hydrogen-bond acceptors (Lipinski definition) is 4. The van der Waals surface area contributed by atoms with Gasteiger partial charge in [0, 0.05) is 11.9 Å². The first-order valence-corrected chi connectivity index (χ1v) is 13.1. The molecule has 1 aliphatic rings. The first-order chi connectivity index (χ1) is 17.4. The molecular formula is C31H34N2O3. The normalized spacial score (nSPS) is 15.6. The van der Waals surface area contributed by atoms with Gasteiger partial charge in [0.25, 0.3) is 5.91 Å². The number of amides is 1. The number of rotatable bonds is 8. The lowest BCUT2D eigenvalue weighted by Crippen LogP contribution is -2.33. The number of benzene rings is 3. The van der Waals surface area contributed by atoms with E-state index in [4.69, 9.17) is 4.42 Å². The monoisotopic (exact) mass is 482 g/mol. The molecule has 5 rings (SSSR count). The summed E-state index contributed by atoms with van der Waals surface area (Å²) in [5.74, 6) is 0.392. The van der Waals surface area contributed by atoms with E-state index in [2.05, 4.69) is 56.9 Å². The molecule has 0 bridgehead atoms. The molecule has 1 aromatic heterocycles. The van der Waals surface area contributed by atoms with E-state index in [-0.39, 0.29) is 17.1 Å². The fourth-order valence-electron chi connectivity index (χ4n) is 5.39. The van der Waals surface area contributed by atoms with Crippen LogP contribution in [0.15, 0.2) is 69.9 Å². The van der Waals surface area contributed by atoms with Gasteiger partial charge in [0.1, 0.15) is 5.58 Å². The average molecular weight is 483 g/mol. The van der Waals surface area contributed by atoms with E-state index in [0.717, 1.165) is 42.4 Å². The third-order valence-electron chi connectivity index (χ3n) is 7.54. The van der Waals surface area contributed by atoms with Crippen LogP contribution in [0, 0.1) is 0 Å². The van der Waals surface area contributed by atoms with Crippen LogP contribution < -0.4 is 5.43 Å². The van der Waals surface area contributed by atoms with E-state index in [0.29, 0.717) is 29.0 Å². The zero-order valence-electron chi connectivity index (χ0n) is 21.6. The first kappa shape index (κ1) is 24.3. The molecule has 0 saturated carbocycles. The minimum absolute atomic E-state index is 0.116. The average Bonchev–Trinajstić information content (AvgIpc) is 3.18. The summed E-state index contributed by atoms with van der Waals surface area (Å²) in [4.78, 5) is 31.9. The summed E-state index contributed by atoms with van der Waals surface area (Å²) in [5, 5.41) is 2.35. The van der Waals surface area contributed by atoms with Gasteiger partial charge < -0.3 is 14.2 Å². The summed E-state index contributed by atoms with van der Waals surface area (Å²) in [6.45, 7) is 12.0. The Morgan fingerprint density at radius 1 is 0.917 bits per heavy atom. The quantitative estimate of drug-likeness (QED) is 0.275. The Kier molecular flexibility index (Phi) is 6.67. The van der Waals surface area contributed by atoms with Crippen LogP contribution in [-0.4, -0.2) is 41.9 Å². The van der Waals surface area contributed by atoms with Crippen LogP contribution in [0.3, 0.4) is 0 Å². The lowest BCUT2D eigenvalue weighted by molar-refractivity contribution is 0.0720. The molecule has 0 spiro atoms. The van der Waals surface area contributed by atoms with Crippen molar-refractivity contribution in [3.05, 3.63) is 93.3 Å². The smallest absolute Gasteiger partial charge is 0.290 e. The molecule has 0 saturated heterocycles. The highest BCUT2D eigenvalue weighted by molar-refractivity contribution is 6.06. The van der Waals surface area contributed by atoms with Gasteiger partial charge in [-0.15, -0.1) is 0 Å². The highest BCUT2D eigenvalue weighted by atomic mass is 16.3. The van der Waals surface area contributed by atoms with Gasteiger partial charge in [-0.3, -0.25) is 9.59 Å². The predicted molar refractivity (Wildman–Crippen MR) is 146 cm³/mol. The van der Waals surface area contributed by atoms with Crippen LogP contribution in [0.1, 0.15) is 73.3 Å². The zero-order chi connectivity index (χ0) is 25.4. The van der Waals surface area contributed by atoms with Crippen LogP contribution in [0.4, 0.5) is 0 Å². The summed E-state index contributed by atoms with van der Waals surface area (Å²) in [6.07, 6.45) is 0.832. The summed E-state index contributed by atoms with van der Waals surface area (Å²) < 4.78 is 6.32. The van der Waals surface area contributed by atoms with Gasteiger partial charge in [-0.25, -0.2) is 0 Å². The summed E-state index contributed by atoms with van der Waals surface area (Å²) >= 11 is 0. The molecule has 5 heteroatoms. The lowest BCUT2D eigenvalue weighted by Gasteiger charge is -2.27. The Labute approximate surface area is 212 Å². The van der Waals surface area contributed by atoms with Crippen LogP contribution in [0.2, 0.25) is 0 Å². The second-order valence-electron chi connectivity index (χ2n) is 9.94. The van der Waals surface area contributed by atoms with E-state index in [1.807, 2.05) is 41.3 Å². The third kappa shape index (κ3) is 4.11. The standard InChI is InChI=1S/C31H34N2O3/c1-5-32(6-2)18-9-19-33-27(23-14-12-21(13-15-23)20(3)4)26-28(34)25-17-16-22-10-7-8-11-24(22)29(25)36-30(26)31(33)35/h7-8,10-17,20,27H,5-6,9,18-19H2,1-4H3. The number of nitrogens with zero attached hydrogens (tertiary/aromatic N) is 2. The number of carbonyl (C=O) groups is 1. The molecule has 1 atom stereocenters. The largest absolute Gasteiger partial charge is 0.450 e. The number of fused-ring (bicyclic) bond motifs is 4. The van der Waals surface area contributed by atoms with Crippen molar-refractivity contribution in [2.24, 2.45) is 0 Å². The van der Waals surface area contributed by atoms with E-state index in [1.54, 1.807) is 0 Å². The van der Waals surface area contributed by atoms with Crippen molar-refractivity contribution in [2.45, 2.75) is 46.1 Å². The molecule has 2 heterocycles. The van der Waals surface area contributed by atoms with Gasteiger partial charge in [0.15, 0.2) is 5.43 Å². The van der Waals surface area contributed by atoms with Crippen molar-refractivity contribution >= 4 is 27.6 Å². The Bertz CT molecular complexity index is 1470. The van der Waals surface area contributed by atoms with E-state index in [1.165, 1.54) is 5.56 Å². The van der Waals surface area contributed by atoms with Gasteiger partial charge in [-0.1, -0.05) is 82.3 Å². The predicted octanol–water partition coefficient (Wildman–Crippen LogP) is 6.35. The second kappa shape index (κ2) is 9.90. The molecule has 0 radical (unpaired) electrons. The maximum absolute atomic E-state index is 13.9. The summed E-state index contributed by atoms with van der Waals surface area (Å²) in [6, 6.07) is 19.5. The summed E-state index contributed by atoms with van der Waals surface area (Å²) in [5.41, 5.74) is 3.01. The van der Waals surface area contributed by atoms with E-state index < -0.39 is 6.04 Å². The maximum Gasteiger partial charge on any atom is 0.290 e. The Morgan fingerprint density at radius 2 is 1.64 bits per heavy atom. The highest BCUT2D eigenvalue weighted by Gasteiger charge is 2.42. The first-order valence-electron chi connectivity index (χ1n) is 13.1. The number of hydrogen-bond donors (Lipinski definition) is 0. The molecule has 36 heavy (non-hydrogen) atoms. The topological polar surface area (TPSA) is 53.8 Å². The molecule has 4 aromatic rings. The molecule has 186 valence electrons. The van der Waals surface area contributed by atoms with Gasteiger partial charge in [0.05, 0.1) is 17.0 Å². The highest BCUT2D eigenvalue weighted by Crippen LogP contribution is 2.39. The minimum atomic E-state index is -0.447. The van der Waals surface area contributed by atoms with Crippen molar-refractivity contribution in [2.75, 3.05) is 26.2 Å². The molecule has 1 amide bonds. The second-order valence-corrected chi connectivity index (χ2v) is 9.94. The third-order valence-corrected chi connectivity index (χ3v) is 7.54. The lowest BCUT2D eigenvalue weighted by atomic mass is 9.95.